The number of carboxylic acid groups (broad SMARTS) is 1. The standard InChI is InChI=1S/C46H45N3O6/c1-7-19-45(5)41-36-14-10-8-12-34(36)35-13-9-11-15-37(35)42(41)49(20-18-40(53)54)43(45)29(2)23-32(27-47)24-30(3)44-46(6,26-31(4)51)38-25-33(52)16-17-39(38)48(44)21-22-55-28-50/h7-17,23-25,28H,1,18-22,26H2,2-6H3,(H-,52,53,54)/p+1. The number of fused-ring (bicyclic) bond motifs is 7. The van der Waals surface area contributed by atoms with Gasteiger partial charge in [-0.1, -0.05) is 54.6 Å². The highest BCUT2D eigenvalue weighted by atomic mass is 16.5. The van der Waals surface area contributed by atoms with Crippen molar-refractivity contribution in [1.29, 1.82) is 5.26 Å². The second-order valence-electron chi connectivity index (χ2n) is 14.9. The molecule has 0 aliphatic carbocycles. The molecule has 0 saturated heterocycles. The van der Waals surface area contributed by atoms with Crippen molar-refractivity contribution in [2.75, 3.05) is 24.6 Å². The summed E-state index contributed by atoms with van der Waals surface area (Å²) < 4.78 is 7.09. The predicted molar refractivity (Wildman–Crippen MR) is 216 cm³/mol. The molecule has 9 nitrogen and oxygen atoms in total. The Kier molecular flexibility index (Phi) is 10.6. The fraction of sp³-hybridized carbons (Fsp3) is 0.283. The molecule has 2 heterocycles. The zero-order valence-corrected chi connectivity index (χ0v) is 32.0. The average Bonchev–Trinajstić information content (AvgIpc) is 3.54. The van der Waals surface area contributed by atoms with Crippen molar-refractivity contribution in [3.63, 3.8) is 0 Å². The number of benzene rings is 4. The summed E-state index contributed by atoms with van der Waals surface area (Å²) in [6, 6.07) is 23.9. The van der Waals surface area contributed by atoms with Gasteiger partial charge in [-0.15, -0.1) is 6.58 Å². The van der Waals surface area contributed by atoms with Gasteiger partial charge in [0.15, 0.2) is 12.3 Å². The number of carbonyl (C=O) groups excluding carboxylic acids is 2. The van der Waals surface area contributed by atoms with Crippen molar-refractivity contribution in [1.82, 2.24) is 0 Å². The molecule has 2 aliphatic rings. The molecule has 0 saturated carbocycles. The molecule has 2 unspecified atom stereocenters. The number of nitrogens with zero attached hydrogens (tertiary/aromatic N) is 3. The number of aromatic hydroxyl groups is 1. The molecular weight excluding hydrogens is 691 g/mol. The van der Waals surface area contributed by atoms with Crippen LogP contribution in [0, 0.1) is 11.3 Å². The smallest absolute Gasteiger partial charge is 0.305 e. The van der Waals surface area contributed by atoms with Gasteiger partial charge in [0.05, 0.1) is 29.2 Å². The fourth-order valence-corrected chi connectivity index (χ4v) is 9.26. The van der Waals surface area contributed by atoms with Crippen LogP contribution in [-0.4, -0.2) is 58.4 Å². The lowest BCUT2D eigenvalue weighted by Crippen LogP contribution is -2.36. The van der Waals surface area contributed by atoms with E-state index < -0.39 is 16.8 Å². The number of phenols is 1. The molecule has 2 aliphatic heterocycles. The molecule has 6 rings (SSSR count). The molecule has 0 fully saturated rings. The third-order valence-electron chi connectivity index (χ3n) is 11.0. The molecule has 0 radical (unpaired) electrons. The fourth-order valence-electron chi connectivity index (χ4n) is 9.26. The molecule has 0 amide bonds. The Morgan fingerprint density at radius 1 is 0.964 bits per heavy atom. The Labute approximate surface area is 321 Å². The number of anilines is 1. The number of ether oxygens (including phenoxy) is 1. The van der Waals surface area contributed by atoms with Crippen molar-refractivity contribution >= 4 is 56.9 Å². The van der Waals surface area contributed by atoms with Gasteiger partial charge in [0.1, 0.15) is 18.1 Å². The lowest BCUT2D eigenvalue weighted by Gasteiger charge is -2.31. The van der Waals surface area contributed by atoms with E-state index in [9.17, 15) is 29.9 Å². The lowest BCUT2D eigenvalue weighted by atomic mass is 9.73. The monoisotopic (exact) mass is 736 g/mol. The van der Waals surface area contributed by atoms with E-state index in [0.29, 0.717) is 18.5 Å². The normalized spacial score (nSPS) is 20.3. The number of aliphatic carboxylic acids is 1. The van der Waals surface area contributed by atoms with Crippen LogP contribution in [0.3, 0.4) is 0 Å². The van der Waals surface area contributed by atoms with E-state index in [2.05, 4.69) is 48.7 Å². The van der Waals surface area contributed by atoms with Crippen molar-refractivity contribution < 1.29 is 33.9 Å². The third-order valence-corrected chi connectivity index (χ3v) is 11.0. The van der Waals surface area contributed by atoms with Gasteiger partial charge in [-0.2, -0.15) is 9.84 Å². The van der Waals surface area contributed by atoms with E-state index >= 15 is 0 Å². The Balaban J connectivity index is 1.59. The van der Waals surface area contributed by atoms with Crippen molar-refractivity contribution in [2.45, 2.75) is 64.7 Å². The Morgan fingerprint density at radius 3 is 2.24 bits per heavy atom. The number of phenolic OH excluding ortho intramolecular Hbond substituents is 1. The molecule has 0 aromatic heterocycles. The van der Waals surface area contributed by atoms with Crippen molar-refractivity contribution in [3.8, 4) is 11.8 Å². The number of hydrogen-bond donors (Lipinski definition) is 2. The number of ketones is 1. The van der Waals surface area contributed by atoms with Crippen molar-refractivity contribution in [2.24, 2.45) is 0 Å². The Bertz CT molecular complexity index is 2450. The molecule has 2 atom stereocenters. The molecule has 4 aromatic rings. The first kappa shape index (κ1) is 38.5. The topological polar surface area (TPSA) is 131 Å². The maximum atomic E-state index is 12.8. The van der Waals surface area contributed by atoms with Crippen LogP contribution in [0.5, 0.6) is 5.75 Å². The van der Waals surface area contributed by atoms with Crippen LogP contribution in [0.4, 0.5) is 11.4 Å². The molecule has 280 valence electrons. The summed E-state index contributed by atoms with van der Waals surface area (Å²) in [5, 5.41) is 35.4. The first-order chi connectivity index (χ1) is 26.3. The van der Waals surface area contributed by atoms with E-state index in [1.165, 1.54) is 6.92 Å². The van der Waals surface area contributed by atoms with Crippen LogP contribution in [0.1, 0.15) is 65.0 Å². The van der Waals surface area contributed by atoms with Crippen LogP contribution in [0.2, 0.25) is 0 Å². The van der Waals surface area contributed by atoms with E-state index in [1.54, 1.807) is 24.3 Å². The quantitative estimate of drug-likeness (QED) is 0.0250. The molecule has 9 heteroatoms. The van der Waals surface area contributed by atoms with Crippen LogP contribution in [-0.2, 0) is 30.0 Å². The second-order valence-corrected chi connectivity index (χ2v) is 14.9. The van der Waals surface area contributed by atoms with E-state index in [-0.39, 0.29) is 44.1 Å². The Morgan fingerprint density at radius 2 is 1.62 bits per heavy atom. The van der Waals surface area contributed by atoms with Gasteiger partial charge in [-0.3, -0.25) is 14.4 Å². The largest absolute Gasteiger partial charge is 0.508 e. The van der Waals surface area contributed by atoms with E-state index in [1.807, 2.05) is 61.8 Å². The van der Waals surface area contributed by atoms with Crippen LogP contribution in [0.25, 0.3) is 21.5 Å². The van der Waals surface area contributed by atoms with E-state index in [0.717, 1.165) is 66.6 Å². The summed E-state index contributed by atoms with van der Waals surface area (Å²) in [6.07, 6.45) is 6.15. The summed E-state index contributed by atoms with van der Waals surface area (Å²) in [4.78, 5) is 38.2. The van der Waals surface area contributed by atoms with Crippen molar-refractivity contribution in [3.05, 3.63) is 125 Å². The van der Waals surface area contributed by atoms with Crippen LogP contribution < -0.4 is 4.90 Å². The number of hydrogen-bond acceptors (Lipinski definition) is 7. The van der Waals surface area contributed by atoms with Gasteiger partial charge in [0, 0.05) is 46.7 Å². The number of carboxylic acids is 1. The summed E-state index contributed by atoms with van der Waals surface area (Å²) in [7, 11) is 0. The zero-order chi connectivity index (χ0) is 39.7. The highest BCUT2D eigenvalue weighted by molar-refractivity contribution is 6.17. The van der Waals surface area contributed by atoms with Gasteiger partial charge in [-0.05, 0) is 92.6 Å². The van der Waals surface area contributed by atoms with Crippen LogP contribution >= 0.6 is 0 Å². The molecule has 2 N–H and O–H groups in total. The maximum Gasteiger partial charge on any atom is 0.305 e. The summed E-state index contributed by atoms with van der Waals surface area (Å²) in [5.41, 5.74) is 5.63. The minimum atomic E-state index is -0.910. The molecule has 55 heavy (non-hydrogen) atoms. The van der Waals surface area contributed by atoms with Gasteiger partial charge in [0.2, 0.25) is 5.69 Å². The van der Waals surface area contributed by atoms with Crippen LogP contribution in [0.15, 0.2) is 114 Å². The van der Waals surface area contributed by atoms with Gasteiger partial charge in [0.25, 0.3) is 6.47 Å². The first-order valence-electron chi connectivity index (χ1n) is 18.4. The SMILES string of the molecule is C=CCC1(C)C(=C(C)C=C(C#N)C=C(C)C2=[N+](CCOC=O)c3ccc(O)cc3C2(C)CC(C)=O)N(CCC(=O)O)c2c1c1ccccc1c1ccccc21. The van der Waals surface area contributed by atoms with E-state index in [4.69, 9.17) is 4.74 Å². The number of rotatable bonds is 14. The van der Waals surface area contributed by atoms with Gasteiger partial charge < -0.3 is 19.8 Å². The number of Topliss-reactive ketones (excluding diaryl/α,β-unsaturated/α-hetero) is 1. The molecule has 0 spiro atoms. The third kappa shape index (κ3) is 6.74. The number of carbonyl (C=O) groups is 3. The first-order valence-corrected chi connectivity index (χ1v) is 18.4. The molecule has 0 bridgehead atoms. The Hall–Kier alpha value is -6.27. The van der Waals surface area contributed by atoms with Gasteiger partial charge >= 0.3 is 5.97 Å². The predicted octanol–water partition coefficient (Wildman–Crippen LogP) is 8.71. The minimum Gasteiger partial charge on any atom is -0.508 e. The highest BCUT2D eigenvalue weighted by Gasteiger charge is 2.51. The minimum absolute atomic E-state index is 0.0477. The second kappa shape index (κ2) is 15.2. The summed E-state index contributed by atoms with van der Waals surface area (Å²) >= 11 is 0. The molecular formula is C46H46N3O6+. The number of allylic oxidation sites excluding steroid dienone is 7. The van der Waals surface area contributed by atoms with Gasteiger partial charge in [-0.25, -0.2) is 0 Å². The average molecular weight is 737 g/mol. The highest BCUT2D eigenvalue weighted by Crippen LogP contribution is 2.57. The zero-order valence-electron chi connectivity index (χ0n) is 32.0. The number of nitriles is 1. The molecule has 4 aromatic carbocycles. The summed E-state index contributed by atoms with van der Waals surface area (Å²) in [5.74, 6) is -0.894. The maximum absolute atomic E-state index is 12.8. The summed E-state index contributed by atoms with van der Waals surface area (Å²) in [6.45, 7) is 14.6. The lowest BCUT2D eigenvalue weighted by molar-refractivity contribution is -0.441.